The van der Waals surface area contributed by atoms with E-state index in [1.54, 1.807) is 10.9 Å². The average Bonchev–Trinajstić information content (AvgIpc) is 2.89. The van der Waals surface area contributed by atoms with Crippen molar-refractivity contribution >= 4 is 11.6 Å². The third-order valence-electron chi connectivity index (χ3n) is 2.55. The molecule has 2 aromatic rings. The van der Waals surface area contributed by atoms with E-state index in [1.807, 2.05) is 13.1 Å². The van der Waals surface area contributed by atoms with Gasteiger partial charge in [0.1, 0.15) is 18.0 Å². The fourth-order valence-corrected chi connectivity index (χ4v) is 1.57. The Morgan fingerprint density at radius 3 is 2.89 bits per heavy atom. The zero-order valence-electron chi connectivity index (χ0n) is 10.2. The van der Waals surface area contributed by atoms with Crippen molar-refractivity contribution in [3.05, 3.63) is 24.3 Å². The highest BCUT2D eigenvalue weighted by Crippen LogP contribution is 2.16. The summed E-state index contributed by atoms with van der Waals surface area (Å²) in [6.45, 7) is 3.52. The molecule has 0 saturated carbocycles. The molecule has 0 unspecified atom stereocenters. The summed E-state index contributed by atoms with van der Waals surface area (Å²) < 4.78 is 1.79. The van der Waals surface area contributed by atoms with Gasteiger partial charge in [0.2, 0.25) is 0 Å². The van der Waals surface area contributed by atoms with Gasteiger partial charge in [-0.15, -0.1) is 5.10 Å². The first-order valence-corrected chi connectivity index (χ1v) is 5.67. The van der Waals surface area contributed by atoms with E-state index >= 15 is 0 Å². The molecule has 0 aliphatic carbocycles. The van der Waals surface area contributed by atoms with Gasteiger partial charge in [0.25, 0.3) is 0 Å². The molecule has 2 heterocycles. The van der Waals surface area contributed by atoms with Crippen LogP contribution in [0.1, 0.15) is 12.0 Å². The summed E-state index contributed by atoms with van der Waals surface area (Å²) in [5.41, 5.74) is 3.44. The summed E-state index contributed by atoms with van der Waals surface area (Å²) in [6, 6.07) is 0. The van der Waals surface area contributed by atoms with Crippen LogP contribution in [0.2, 0.25) is 0 Å². The van der Waals surface area contributed by atoms with Crippen LogP contribution in [0.25, 0.3) is 0 Å². The summed E-state index contributed by atoms with van der Waals surface area (Å²) in [7, 11) is 0. The standard InChI is InChI=1S/C10H16N8/c1-8-9(13-7-14-10(8)16-11)12-3-2-5-18-6-4-15-17-18/h4,6-7H,2-3,5,11H2,1H3,(H2,12,13,14,16). The smallest absolute Gasteiger partial charge is 0.148 e. The molecule has 0 spiro atoms. The monoisotopic (exact) mass is 248 g/mol. The fourth-order valence-electron chi connectivity index (χ4n) is 1.57. The number of rotatable bonds is 6. The second kappa shape index (κ2) is 5.92. The number of nitrogen functional groups attached to an aromatic ring is 1. The third kappa shape index (κ3) is 2.92. The van der Waals surface area contributed by atoms with Crippen LogP contribution < -0.4 is 16.6 Å². The average molecular weight is 248 g/mol. The Bertz CT molecular complexity index is 481. The summed E-state index contributed by atoms with van der Waals surface area (Å²) in [5.74, 6) is 6.77. The molecule has 4 N–H and O–H groups in total. The molecule has 0 saturated heterocycles. The molecular formula is C10H16N8. The molecule has 0 aliphatic rings. The Morgan fingerprint density at radius 2 is 2.17 bits per heavy atom. The Morgan fingerprint density at radius 1 is 1.33 bits per heavy atom. The Hall–Kier alpha value is -2.22. The zero-order chi connectivity index (χ0) is 12.8. The third-order valence-corrected chi connectivity index (χ3v) is 2.55. The number of hydrazine groups is 1. The van der Waals surface area contributed by atoms with E-state index in [0.29, 0.717) is 5.82 Å². The van der Waals surface area contributed by atoms with Crippen molar-refractivity contribution in [3.63, 3.8) is 0 Å². The summed E-state index contributed by atoms with van der Waals surface area (Å²) in [6.07, 6.45) is 5.91. The number of nitrogens with zero attached hydrogens (tertiary/aromatic N) is 5. The first-order valence-electron chi connectivity index (χ1n) is 5.67. The predicted octanol–water partition coefficient (Wildman–Crippen LogP) is 0.164. The summed E-state index contributed by atoms with van der Waals surface area (Å²) in [5, 5.41) is 10.9. The van der Waals surface area contributed by atoms with Crippen molar-refractivity contribution in [2.24, 2.45) is 5.84 Å². The van der Waals surface area contributed by atoms with Gasteiger partial charge in [-0.1, -0.05) is 5.21 Å². The molecule has 18 heavy (non-hydrogen) atoms. The van der Waals surface area contributed by atoms with Gasteiger partial charge in [-0.25, -0.2) is 15.8 Å². The fraction of sp³-hybridized carbons (Fsp3) is 0.400. The lowest BCUT2D eigenvalue weighted by atomic mass is 10.3. The minimum atomic E-state index is 0.628. The van der Waals surface area contributed by atoms with Crippen molar-refractivity contribution in [3.8, 4) is 0 Å². The molecule has 0 fully saturated rings. The van der Waals surface area contributed by atoms with E-state index < -0.39 is 0 Å². The quantitative estimate of drug-likeness (QED) is 0.380. The highest BCUT2D eigenvalue weighted by atomic mass is 15.4. The molecule has 0 atom stereocenters. The van der Waals surface area contributed by atoms with E-state index in [-0.39, 0.29) is 0 Å². The maximum atomic E-state index is 5.35. The van der Waals surface area contributed by atoms with Gasteiger partial charge in [0.15, 0.2) is 0 Å². The predicted molar refractivity (Wildman–Crippen MR) is 67.7 cm³/mol. The van der Waals surface area contributed by atoms with Crippen LogP contribution in [0, 0.1) is 6.92 Å². The summed E-state index contributed by atoms with van der Waals surface area (Å²) >= 11 is 0. The van der Waals surface area contributed by atoms with Crippen molar-refractivity contribution in [1.29, 1.82) is 0 Å². The molecule has 2 rings (SSSR count). The second-order valence-electron chi connectivity index (χ2n) is 3.79. The van der Waals surface area contributed by atoms with Gasteiger partial charge in [0, 0.05) is 24.8 Å². The number of anilines is 2. The Kier molecular flexibility index (Phi) is 4.02. The van der Waals surface area contributed by atoms with E-state index in [4.69, 9.17) is 5.84 Å². The molecule has 0 aromatic carbocycles. The maximum Gasteiger partial charge on any atom is 0.148 e. The van der Waals surface area contributed by atoms with Crippen molar-refractivity contribution in [2.75, 3.05) is 17.3 Å². The molecule has 2 aromatic heterocycles. The minimum absolute atomic E-state index is 0.628. The van der Waals surface area contributed by atoms with Gasteiger partial charge in [-0.2, -0.15) is 0 Å². The van der Waals surface area contributed by atoms with Crippen molar-refractivity contribution in [1.82, 2.24) is 25.0 Å². The Balaban J connectivity index is 1.83. The largest absolute Gasteiger partial charge is 0.370 e. The minimum Gasteiger partial charge on any atom is -0.370 e. The van der Waals surface area contributed by atoms with Crippen LogP contribution >= 0.6 is 0 Å². The number of nitrogens with two attached hydrogens (primary N) is 1. The second-order valence-corrected chi connectivity index (χ2v) is 3.79. The molecule has 96 valence electrons. The molecule has 0 aliphatic heterocycles. The van der Waals surface area contributed by atoms with Crippen LogP contribution in [-0.4, -0.2) is 31.5 Å². The van der Waals surface area contributed by atoms with Crippen LogP contribution in [-0.2, 0) is 6.54 Å². The first kappa shape index (κ1) is 12.2. The van der Waals surface area contributed by atoms with Crippen LogP contribution in [0.4, 0.5) is 11.6 Å². The lowest BCUT2D eigenvalue weighted by Gasteiger charge is -2.10. The van der Waals surface area contributed by atoms with E-state index in [2.05, 4.69) is 31.0 Å². The highest BCUT2D eigenvalue weighted by molar-refractivity contribution is 5.55. The van der Waals surface area contributed by atoms with Crippen LogP contribution in [0.15, 0.2) is 18.7 Å². The van der Waals surface area contributed by atoms with Crippen molar-refractivity contribution < 1.29 is 0 Å². The molecule has 8 nitrogen and oxygen atoms in total. The van der Waals surface area contributed by atoms with Gasteiger partial charge in [-0.05, 0) is 13.3 Å². The summed E-state index contributed by atoms with van der Waals surface area (Å²) in [4.78, 5) is 8.19. The SMILES string of the molecule is Cc1c(NN)ncnc1NCCCn1ccnn1. The highest BCUT2D eigenvalue weighted by Gasteiger charge is 2.04. The van der Waals surface area contributed by atoms with E-state index in [1.165, 1.54) is 6.33 Å². The van der Waals surface area contributed by atoms with Crippen molar-refractivity contribution in [2.45, 2.75) is 19.9 Å². The number of nitrogens with one attached hydrogen (secondary N) is 2. The number of aryl methyl sites for hydroxylation is 1. The van der Waals surface area contributed by atoms with Gasteiger partial charge in [0.05, 0.1) is 6.20 Å². The number of aromatic nitrogens is 5. The van der Waals surface area contributed by atoms with Crippen LogP contribution in [0.3, 0.4) is 0 Å². The van der Waals surface area contributed by atoms with Gasteiger partial charge >= 0.3 is 0 Å². The van der Waals surface area contributed by atoms with E-state index in [0.717, 1.165) is 30.9 Å². The Labute approximate surface area is 105 Å². The van der Waals surface area contributed by atoms with E-state index in [9.17, 15) is 0 Å². The molecule has 8 heteroatoms. The molecular weight excluding hydrogens is 232 g/mol. The lowest BCUT2D eigenvalue weighted by Crippen LogP contribution is -2.14. The normalized spacial score (nSPS) is 10.3. The topological polar surface area (TPSA) is 107 Å². The number of hydrogen-bond acceptors (Lipinski definition) is 7. The molecule has 0 bridgehead atoms. The maximum absolute atomic E-state index is 5.35. The lowest BCUT2D eigenvalue weighted by molar-refractivity contribution is 0.569. The van der Waals surface area contributed by atoms with Gasteiger partial charge in [-0.3, -0.25) is 4.68 Å². The first-order chi connectivity index (χ1) is 8.81. The molecule has 0 amide bonds. The van der Waals surface area contributed by atoms with Crippen LogP contribution in [0.5, 0.6) is 0 Å². The molecule has 0 radical (unpaired) electrons. The number of hydrogen-bond donors (Lipinski definition) is 3. The van der Waals surface area contributed by atoms with Gasteiger partial charge < -0.3 is 10.7 Å². The zero-order valence-corrected chi connectivity index (χ0v) is 10.2.